The second-order valence-corrected chi connectivity index (χ2v) is 8.77. The fourth-order valence-electron chi connectivity index (χ4n) is 5.19. The molecule has 1 atom stereocenters. The number of aromatic nitrogens is 5. The minimum absolute atomic E-state index is 0.128. The van der Waals surface area contributed by atoms with Crippen LogP contribution in [0.1, 0.15) is 27.5 Å². The minimum atomic E-state index is -0.272. The smallest absolute Gasteiger partial charge is 0.254 e. The van der Waals surface area contributed by atoms with Gasteiger partial charge in [-0.2, -0.15) is 0 Å². The molecule has 7 rings (SSSR count). The molecule has 0 radical (unpaired) electrons. The number of carbonyl (C=O) groups excluding carboxylic acids is 1. The van der Waals surface area contributed by atoms with Crippen LogP contribution in [0.25, 0.3) is 44.6 Å². The van der Waals surface area contributed by atoms with Gasteiger partial charge in [0, 0.05) is 36.6 Å². The summed E-state index contributed by atoms with van der Waals surface area (Å²) in [5, 5.41) is 4.13. The summed E-state index contributed by atoms with van der Waals surface area (Å²) < 4.78 is 1.88. The fraction of sp³-hybridized carbons (Fsp3) is 0.0714. The van der Waals surface area contributed by atoms with Gasteiger partial charge in [0.15, 0.2) is 0 Å². The molecule has 0 saturated heterocycles. The Morgan fingerprint density at radius 1 is 0.971 bits per heavy atom. The van der Waals surface area contributed by atoms with Gasteiger partial charge in [-0.25, -0.2) is 9.97 Å². The number of aryl methyl sites for hydroxylation is 1. The van der Waals surface area contributed by atoms with Crippen molar-refractivity contribution >= 4 is 28.0 Å². The van der Waals surface area contributed by atoms with E-state index >= 15 is 0 Å². The molecule has 2 N–H and O–H groups in total. The Kier molecular flexibility index (Phi) is 4.14. The van der Waals surface area contributed by atoms with Gasteiger partial charge in [0.25, 0.3) is 5.91 Å². The van der Waals surface area contributed by atoms with Gasteiger partial charge < -0.3 is 14.9 Å². The molecule has 0 fully saturated rings. The van der Waals surface area contributed by atoms with Crippen LogP contribution >= 0.6 is 0 Å². The highest BCUT2D eigenvalue weighted by atomic mass is 16.1. The first-order valence-corrected chi connectivity index (χ1v) is 11.4. The number of hydrogen-bond acceptors (Lipinski definition) is 4. The number of H-pyrrole nitrogens is 1. The van der Waals surface area contributed by atoms with Crippen LogP contribution in [-0.4, -0.2) is 30.4 Å². The van der Waals surface area contributed by atoms with Crippen LogP contribution in [0.3, 0.4) is 0 Å². The summed E-state index contributed by atoms with van der Waals surface area (Å²) in [5.41, 5.74) is 8.45. The summed E-state index contributed by atoms with van der Waals surface area (Å²) in [7, 11) is 1.90. The molecular formula is C28H20N6O. The van der Waals surface area contributed by atoms with E-state index in [0.29, 0.717) is 5.56 Å². The highest BCUT2D eigenvalue weighted by molar-refractivity contribution is 6.07. The van der Waals surface area contributed by atoms with Gasteiger partial charge in [-0.1, -0.05) is 42.5 Å². The molecule has 1 amide bonds. The molecule has 0 saturated carbocycles. The topological polar surface area (TPSA) is 88.5 Å². The SMILES string of the molecule is Cn1cc(C(=O)NC2c3ccccc3-c3c(-c4nc5ccncc5[nH]4)cccc32)c2cccnc21. The predicted molar refractivity (Wildman–Crippen MR) is 135 cm³/mol. The number of rotatable bonds is 3. The Hall–Kier alpha value is -4.78. The summed E-state index contributed by atoms with van der Waals surface area (Å²) >= 11 is 0. The Labute approximate surface area is 200 Å². The zero-order chi connectivity index (χ0) is 23.5. The Bertz CT molecular complexity index is 1750. The molecule has 1 unspecified atom stereocenters. The van der Waals surface area contributed by atoms with Crippen molar-refractivity contribution in [2.75, 3.05) is 0 Å². The second kappa shape index (κ2) is 7.36. The number of nitrogens with zero attached hydrogens (tertiary/aromatic N) is 4. The highest BCUT2D eigenvalue weighted by Gasteiger charge is 2.33. The third-order valence-electron chi connectivity index (χ3n) is 6.74. The molecule has 1 aliphatic carbocycles. The molecule has 1 aliphatic rings. The van der Waals surface area contributed by atoms with Gasteiger partial charge in [0.05, 0.1) is 28.8 Å². The van der Waals surface area contributed by atoms with Crippen molar-refractivity contribution in [1.82, 2.24) is 29.8 Å². The van der Waals surface area contributed by atoms with E-state index in [0.717, 1.165) is 55.7 Å². The van der Waals surface area contributed by atoms with Crippen molar-refractivity contribution in [3.05, 3.63) is 102 Å². The number of carbonyl (C=O) groups is 1. The Morgan fingerprint density at radius 3 is 2.74 bits per heavy atom. The Morgan fingerprint density at radius 2 is 1.83 bits per heavy atom. The zero-order valence-corrected chi connectivity index (χ0v) is 18.9. The molecule has 7 nitrogen and oxygen atoms in total. The molecule has 0 spiro atoms. The number of nitrogens with one attached hydrogen (secondary N) is 2. The first-order chi connectivity index (χ1) is 17.2. The summed E-state index contributed by atoms with van der Waals surface area (Å²) in [6.45, 7) is 0. The van der Waals surface area contributed by atoms with E-state index in [2.05, 4.69) is 44.5 Å². The van der Waals surface area contributed by atoms with Gasteiger partial charge >= 0.3 is 0 Å². The number of benzene rings is 2. The van der Waals surface area contributed by atoms with E-state index in [1.165, 1.54) is 0 Å². The van der Waals surface area contributed by atoms with E-state index in [1.807, 2.05) is 54.2 Å². The number of hydrogen-bond donors (Lipinski definition) is 2. The average molecular weight is 457 g/mol. The van der Waals surface area contributed by atoms with E-state index < -0.39 is 0 Å². The molecule has 35 heavy (non-hydrogen) atoms. The molecule has 7 heteroatoms. The maximum atomic E-state index is 13.5. The number of pyridine rings is 2. The van der Waals surface area contributed by atoms with Gasteiger partial charge in [0.1, 0.15) is 11.5 Å². The van der Waals surface area contributed by atoms with E-state index in [9.17, 15) is 4.79 Å². The standard InChI is InChI=1S/C28H20N6O/c1-34-15-21(18-10-5-12-30-27(18)34)28(35)33-25-17-7-3-2-6-16(17)24-19(25)8-4-9-20(24)26-31-22-11-13-29-14-23(22)32-26/h2-15,25H,1H3,(H,31,32)(H,33,35). The van der Waals surface area contributed by atoms with Crippen LogP contribution in [-0.2, 0) is 7.05 Å². The molecule has 0 aliphatic heterocycles. The maximum absolute atomic E-state index is 13.5. The number of amides is 1. The van der Waals surface area contributed by atoms with Crippen molar-refractivity contribution in [3.63, 3.8) is 0 Å². The second-order valence-electron chi connectivity index (χ2n) is 8.77. The third-order valence-corrected chi connectivity index (χ3v) is 6.74. The minimum Gasteiger partial charge on any atom is -0.341 e. The molecular weight excluding hydrogens is 436 g/mol. The lowest BCUT2D eigenvalue weighted by molar-refractivity contribution is 0.0945. The van der Waals surface area contributed by atoms with E-state index in [4.69, 9.17) is 4.98 Å². The quantitative estimate of drug-likeness (QED) is 0.392. The van der Waals surface area contributed by atoms with Gasteiger partial charge in [0.2, 0.25) is 0 Å². The normalized spacial score (nSPS) is 14.3. The van der Waals surface area contributed by atoms with Gasteiger partial charge in [-0.3, -0.25) is 9.78 Å². The third kappa shape index (κ3) is 2.91. The van der Waals surface area contributed by atoms with Crippen LogP contribution < -0.4 is 5.32 Å². The summed E-state index contributed by atoms with van der Waals surface area (Å²) in [5.74, 6) is 0.656. The fourth-order valence-corrected chi connectivity index (χ4v) is 5.19. The molecule has 168 valence electrons. The maximum Gasteiger partial charge on any atom is 0.254 e. The van der Waals surface area contributed by atoms with Crippen LogP contribution in [0.5, 0.6) is 0 Å². The van der Waals surface area contributed by atoms with E-state index in [1.54, 1.807) is 18.6 Å². The molecule has 4 aromatic heterocycles. The number of aromatic amines is 1. The van der Waals surface area contributed by atoms with Gasteiger partial charge in [-0.15, -0.1) is 0 Å². The van der Waals surface area contributed by atoms with Gasteiger partial charge in [-0.05, 0) is 40.5 Å². The summed E-state index contributed by atoms with van der Waals surface area (Å²) in [4.78, 5) is 30.4. The van der Waals surface area contributed by atoms with Crippen molar-refractivity contribution in [2.45, 2.75) is 6.04 Å². The lowest BCUT2D eigenvalue weighted by Gasteiger charge is -2.16. The van der Waals surface area contributed by atoms with Crippen LogP contribution in [0.2, 0.25) is 0 Å². The largest absolute Gasteiger partial charge is 0.341 e. The summed E-state index contributed by atoms with van der Waals surface area (Å²) in [6, 6.07) is 19.8. The molecule has 6 aromatic rings. The van der Waals surface area contributed by atoms with Crippen LogP contribution in [0.15, 0.2) is 85.5 Å². The van der Waals surface area contributed by atoms with Crippen molar-refractivity contribution in [3.8, 4) is 22.5 Å². The van der Waals surface area contributed by atoms with Crippen LogP contribution in [0.4, 0.5) is 0 Å². The van der Waals surface area contributed by atoms with Crippen LogP contribution in [0, 0.1) is 0 Å². The predicted octanol–water partition coefficient (Wildman–Crippen LogP) is 5.01. The lowest BCUT2D eigenvalue weighted by Crippen LogP contribution is -2.28. The van der Waals surface area contributed by atoms with Crippen molar-refractivity contribution in [2.24, 2.45) is 7.05 Å². The lowest BCUT2D eigenvalue weighted by atomic mass is 9.98. The highest BCUT2D eigenvalue weighted by Crippen LogP contribution is 2.47. The Balaban J connectivity index is 1.36. The molecule has 4 heterocycles. The summed E-state index contributed by atoms with van der Waals surface area (Å²) in [6.07, 6.45) is 7.10. The van der Waals surface area contributed by atoms with Crippen molar-refractivity contribution < 1.29 is 4.79 Å². The zero-order valence-electron chi connectivity index (χ0n) is 18.9. The molecule has 0 bridgehead atoms. The number of imidazole rings is 1. The first kappa shape index (κ1) is 19.7. The average Bonchev–Trinajstić information content (AvgIpc) is 3.57. The first-order valence-electron chi connectivity index (χ1n) is 11.4. The van der Waals surface area contributed by atoms with Crippen molar-refractivity contribution in [1.29, 1.82) is 0 Å². The monoisotopic (exact) mass is 456 g/mol. The van der Waals surface area contributed by atoms with E-state index in [-0.39, 0.29) is 11.9 Å². The number of fused-ring (bicyclic) bond motifs is 5. The molecule has 2 aromatic carbocycles.